The minimum Gasteiger partial charge on any atom is -0.455 e. The van der Waals surface area contributed by atoms with Gasteiger partial charge in [0.05, 0.1) is 12.2 Å². The molecule has 2 aromatic heterocycles. The predicted molar refractivity (Wildman–Crippen MR) is 110 cm³/mol. The zero-order valence-electron chi connectivity index (χ0n) is 17.2. The van der Waals surface area contributed by atoms with Crippen LogP contribution >= 0.6 is 11.8 Å². The van der Waals surface area contributed by atoms with Crippen molar-refractivity contribution in [3.63, 3.8) is 0 Å². The van der Waals surface area contributed by atoms with Crippen LogP contribution in [0.1, 0.15) is 56.8 Å². The third kappa shape index (κ3) is 5.24. The highest BCUT2D eigenvalue weighted by molar-refractivity contribution is 7.99. The van der Waals surface area contributed by atoms with Crippen molar-refractivity contribution in [2.75, 3.05) is 0 Å². The van der Waals surface area contributed by atoms with Crippen molar-refractivity contribution in [3.05, 3.63) is 71.4 Å². The fraction of sp³-hybridized carbons (Fsp3) is 0.318. The highest BCUT2D eigenvalue weighted by Crippen LogP contribution is 2.37. The lowest BCUT2D eigenvalue weighted by atomic mass is 10.1. The molecule has 158 valence electrons. The van der Waals surface area contributed by atoms with Crippen molar-refractivity contribution in [2.24, 2.45) is 0 Å². The number of esters is 1. The normalized spacial score (nSPS) is 12.2. The van der Waals surface area contributed by atoms with E-state index in [9.17, 15) is 13.6 Å². The third-order valence-corrected chi connectivity index (χ3v) is 5.44. The van der Waals surface area contributed by atoms with Crippen molar-refractivity contribution >= 4 is 17.7 Å². The number of nitrogens with zero attached hydrogens (tertiary/aromatic N) is 3. The van der Waals surface area contributed by atoms with E-state index in [2.05, 4.69) is 4.98 Å². The SMILES string of the molecule is CC(=O)OC(C)c1nc(C(C)C)c(Sc2cc(F)cc(F)c2)n1Cc1cccnc1. The Hall–Kier alpha value is -2.74. The number of carbonyl (C=O) groups excluding carboxylic acids is 1. The summed E-state index contributed by atoms with van der Waals surface area (Å²) in [6, 6.07) is 7.18. The molecule has 3 rings (SSSR count). The lowest BCUT2D eigenvalue weighted by Crippen LogP contribution is -2.13. The van der Waals surface area contributed by atoms with Crippen molar-refractivity contribution in [3.8, 4) is 0 Å². The van der Waals surface area contributed by atoms with Crippen molar-refractivity contribution in [1.29, 1.82) is 0 Å². The quantitative estimate of drug-likeness (QED) is 0.462. The molecular weight excluding hydrogens is 408 g/mol. The van der Waals surface area contributed by atoms with Gasteiger partial charge in [-0.1, -0.05) is 31.7 Å². The summed E-state index contributed by atoms with van der Waals surface area (Å²) in [5, 5.41) is 0.743. The molecule has 0 aliphatic rings. The Bertz CT molecular complexity index is 1020. The largest absolute Gasteiger partial charge is 0.455 e. The lowest BCUT2D eigenvalue weighted by Gasteiger charge is -2.16. The van der Waals surface area contributed by atoms with E-state index in [4.69, 9.17) is 9.72 Å². The number of ether oxygens (including phenoxy) is 1. The average molecular weight is 432 g/mol. The maximum atomic E-state index is 13.8. The summed E-state index contributed by atoms with van der Waals surface area (Å²) in [7, 11) is 0. The van der Waals surface area contributed by atoms with E-state index in [0.29, 0.717) is 17.3 Å². The van der Waals surface area contributed by atoms with Gasteiger partial charge in [-0.2, -0.15) is 0 Å². The van der Waals surface area contributed by atoms with Crippen LogP contribution in [0.3, 0.4) is 0 Å². The number of carbonyl (C=O) groups is 1. The number of pyridine rings is 1. The molecule has 1 unspecified atom stereocenters. The minimum atomic E-state index is -0.643. The Morgan fingerprint density at radius 2 is 1.90 bits per heavy atom. The molecule has 8 heteroatoms. The Morgan fingerprint density at radius 1 is 1.20 bits per heavy atom. The molecule has 3 aromatic rings. The van der Waals surface area contributed by atoms with Crippen LogP contribution in [0.15, 0.2) is 52.6 Å². The Kier molecular flexibility index (Phi) is 6.87. The van der Waals surface area contributed by atoms with Crippen molar-refractivity contribution < 1.29 is 18.3 Å². The fourth-order valence-electron chi connectivity index (χ4n) is 3.10. The number of hydrogen-bond acceptors (Lipinski definition) is 5. The van der Waals surface area contributed by atoms with Crippen molar-refractivity contribution in [2.45, 2.75) is 56.2 Å². The number of halogens is 2. The molecule has 1 aromatic carbocycles. The predicted octanol–water partition coefficient (Wildman–Crippen LogP) is 5.50. The number of benzene rings is 1. The maximum absolute atomic E-state index is 13.8. The highest BCUT2D eigenvalue weighted by atomic mass is 32.2. The summed E-state index contributed by atoms with van der Waals surface area (Å²) in [5.74, 6) is -1.08. The first kappa shape index (κ1) is 22.0. The second-order valence-corrected chi connectivity index (χ2v) is 8.28. The Balaban J connectivity index is 2.13. The van der Waals surface area contributed by atoms with Crippen LogP contribution < -0.4 is 0 Å². The zero-order chi connectivity index (χ0) is 21.8. The Morgan fingerprint density at radius 3 is 2.47 bits per heavy atom. The molecule has 2 heterocycles. The lowest BCUT2D eigenvalue weighted by molar-refractivity contribution is -0.146. The van der Waals surface area contributed by atoms with Gasteiger partial charge < -0.3 is 9.30 Å². The van der Waals surface area contributed by atoms with Gasteiger partial charge in [-0.25, -0.2) is 13.8 Å². The molecule has 0 spiro atoms. The van der Waals surface area contributed by atoms with Gasteiger partial charge in [0.25, 0.3) is 0 Å². The summed E-state index contributed by atoms with van der Waals surface area (Å²) in [6.07, 6.45) is 2.84. The number of aromatic nitrogens is 3. The molecule has 0 fully saturated rings. The van der Waals surface area contributed by atoms with E-state index in [1.54, 1.807) is 19.3 Å². The maximum Gasteiger partial charge on any atom is 0.303 e. The molecule has 0 aliphatic heterocycles. The minimum absolute atomic E-state index is 0.0457. The Labute approximate surface area is 178 Å². The molecule has 0 saturated heterocycles. The summed E-state index contributed by atoms with van der Waals surface area (Å²) in [6.45, 7) is 7.51. The molecule has 0 amide bonds. The first-order valence-electron chi connectivity index (χ1n) is 9.55. The first-order valence-corrected chi connectivity index (χ1v) is 10.4. The second-order valence-electron chi connectivity index (χ2n) is 7.22. The van der Waals surface area contributed by atoms with Crippen LogP contribution in [0.5, 0.6) is 0 Å². The van der Waals surface area contributed by atoms with Crippen LogP contribution in [0.2, 0.25) is 0 Å². The molecule has 5 nitrogen and oxygen atoms in total. The number of imidazole rings is 1. The van der Waals surface area contributed by atoms with E-state index in [1.807, 2.05) is 30.5 Å². The van der Waals surface area contributed by atoms with Gasteiger partial charge in [0.1, 0.15) is 16.7 Å². The second kappa shape index (κ2) is 9.38. The third-order valence-electron chi connectivity index (χ3n) is 4.34. The number of rotatable bonds is 7. The van der Waals surface area contributed by atoms with E-state index in [1.165, 1.54) is 30.8 Å². The van der Waals surface area contributed by atoms with Crippen LogP contribution in [0, 0.1) is 11.6 Å². The van der Waals surface area contributed by atoms with E-state index in [0.717, 1.165) is 22.3 Å². The summed E-state index contributed by atoms with van der Waals surface area (Å²) in [4.78, 5) is 20.9. The van der Waals surface area contributed by atoms with Gasteiger partial charge in [-0.15, -0.1) is 0 Å². The average Bonchev–Trinajstić information content (AvgIpc) is 3.00. The van der Waals surface area contributed by atoms with E-state index in [-0.39, 0.29) is 5.92 Å². The smallest absolute Gasteiger partial charge is 0.303 e. The molecule has 0 radical (unpaired) electrons. The van der Waals surface area contributed by atoms with Gasteiger partial charge in [-0.05, 0) is 36.6 Å². The first-order chi connectivity index (χ1) is 14.2. The zero-order valence-corrected chi connectivity index (χ0v) is 18.0. The van der Waals surface area contributed by atoms with Gasteiger partial charge in [0, 0.05) is 30.3 Å². The summed E-state index contributed by atoms with van der Waals surface area (Å²) >= 11 is 1.23. The monoisotopic (exact) mass is 431 g/mol. The fourth-order valence-corrected chi connectivity index (χ4v) is 4.32. The van der Waals surface area contributed by atoms with Gasteiger partial charge in [-0.3, -0.25) is 9.78 Å². The molecule has 0 saturated carbocycles. The van der Waals surface area contributed by atoms with Crippen LogP contribution in [-0.4, -0.2) is 20.5 Å². The van der Waals surface area contributed by atoms with Crippen molar-refractivity contribution in [1.82, 2.24) is 14.5 Å². The molecule has 1 atom stereocenters. The van der Waals surface area contributed by atoms with E-state index < -0.39 is 23.7 Å². The summed E-state index contributed by atoms with van der Waals surface area (Å²) in [5.41, 5.74) is 1.69. The van der Waals surface area contributed by atoms with Crippen LogP contribution in [0.4, 0.5) is 8.78 Å². The molecule has 0 N–H and O–H groups in total. The molecular formula is C22H23F2N3O2S. The van der Waals surface area contributed by atoms with Gasteiger partial charge in [0.2, 0.25) is 0 Å². The molecule has 0 aliphatic carbocycles. The van der Waals surface area contributed by atoms with Gasteiger partial charge in [0.15, 0.2) is 11.9 Å². The molecule has 0 bridgehead atoms. The summed E-state index contributed by atoms with van der Waals surface area (Å²) < 4.78 is 34.9. The van der Waals surface area contributed by atoms with Crippen LogP contribution in [-0.2, 0) is 16.1 Å². The standard InChI is InChI=1S/C22H23F2N3O2S/c1-13(2)20-22(30-19-9-17(23)8-18(24)10-19)27(12-16-6-5-7-25-11-16)21(26-20)14(3)29-15(4)28/h5-11,13-14H,12H2,1-4H3. The van der Waals surface area contributed by atoms with E-state index >= 15 is 0 Å². The highest BCUT2D eigenvalue weighted by Gasteiger charge is 2.25. The van der Waals surface area contributed by atoms with Crippen LogP contribution in [0.25, 0.3) is 0 Å². The number of hydrogen-bond donors (Lipinski definition) is 0. The van der Waals surface area contributed by atoms with Gasteiger partial charge >= 0.3 is 5.97 Å². The molecule has 30 heavy (non-hydrogen) atoms. The topological polar surface area (TPSA) is 57.0 Å².